The van der Waals surface area contributed by atoms with Crippen LogP contribution in [0.5, 0.6) is 0 Å². The SMILES string of the molecule is CCCNC(=O)COC(=O)c1c2c(nc3ccccc13)/C(=C\c1cccs1)CCC2. The lowest BCUT2D eigenvalue weighted by molar-refractivity contribution is -0.124. The Morgan fingerprint density at radius 1 is 1.20 bits per heavy atom. The molecule has 2 heterocycles. The van der Waals surface area contributed by atoms with Crippen LogP contribution in [0.25, 0.3) is 22.6 Å². The molecule has 1 N–H and O–H groups in total. The number of rotatable bonds is 6. The molecule has 1 aliphatic carbocycles. The fourth-order valence-corrected chi connectivity index (χ4v) is 4.45. The van der Waals surface area contributed by atoms with E-state index in [1.54, 1.807) is 11.3 Å². The summed E-state index contributed by atoms with van der Waals surface area (Å²) in [5, 5.41) is 5.56. The van der Waals surface area contributed by atoms with Gasteiger partial charge in [0, 0.05) is 16.8 Å². The second-order valence-corrected chi connectivity index (χ2v) is 8.28. The number of carbonyl (C=O) groups is 2. The molecule has 0 saturated heterocycles. The highest BCUT2D eigenvalue weighted by Gasteiger charge is 2.26. The van der Waals surface area contributed by atoms with Crippen molar-refractivity contribution in [1.29, 1.82) is 0 Å². The topological polar surface area (TPSA) is 68.3 Å². The first-order valence-electron chi connectivity index (χ1n) is 10.3. The normalized spacial score (nSPS) is 14.5. The number of aromatic nitrogens is 1. The van der Waals surface area contributed by atoms with Gasteiger partial charge in [-0.1, -0.05) is 31.2 Å². The molecule has 30 heavy (non-hydrogen) atoms. The minimum absolute atomic E-state index is 0.276. The lowest BCUT2D eigenvalue weighted by Crippen LogP contribution is -2.29. The fraction of sp³-hybridized carbons (Fsp3) is 0.292. The number of nitrogens with zero attached hydrogens (tertiary/aromatic N) is 1. The van der Waals surface area contributed by atoms with Gasteiger partial charge in [-0.05, 0) is 60.4 Å². The molecule has 0 bridgehead atoms. The molecule has 0 spiro atoms. The second kappa shape index (κ2) is 9.22. The number of fused-ring (bicyclic) bond motifs is 2. The van der Waals surface area contributed by atoms with Gasteiger partial charge >= 0.3 is 5.97 Å². The molecule has 0 unspecified atom stereocenters. The number of hydrogen-bond donors (Lipinski definition) is 1. The number of amides is 1. The number of benzene rings is 1. The van der Waals surface area contributed by atoms with Crippen molar-refractivity contribution >= 4 is 45.8 Å². The summed E-state index contributed by atoms with van der Waals surface area (Å²) in [6.45, 7) is 2.27. The zero-order chi connectivity index (χ0) is 20.9. The van der Waals surface area contributed by atoms with E-state index in [9.17, 15) is 9.59 Å². The molecule has 3 aromatic rings. The number of pyridine rings is 1. The molecule has 5 nitrogen and oxygen atoms in total. The fourth-order valence-electron chi connectivity index (χ4n) is 3.77. The smallest absolute Gasteiger partial charge is 0.339 e. The van der Waals surface area contributed by atoms with E-state index in [1.165, 1.54) is 4.88 Å². The van der Waals surface area contributed by atoms with Crippen LogP contribution in [0.2, 0.25) is 0 Å². The predicted molar refractivity (Wildman–Crippen MR) is 120 cm³/mol. The van der Waals surface area contributed by atoms with Crippen LogP contribution in [-0.4, -0.2) is 30.0 Å². The van der Waals surface area contributed by atoms with Crippen molar-refractivity contribution in [2.45, 2.75) is 32.6 Å². The zero-order valence-corrected chi connectivity index (χ0v) is 17.8. The largest absolute Gasteiger partial charge is 0.452 e. The summed E-state index contributed by atoms with van der Waals surface area (Å²) in [5.74, 6) is -0.746. The van der Waals surface area contributed by atoms with E-state index in [2.05, 4.69) is 22.8 Å². The third-order valence-corrected chi connectivity index (χ3v) is 5.96. The number of esters is 1. The molecule has 0 aliphatic heterocycles. The third kappa shape index (κ3) is 4.28. The molecule has 1 amide bonds. The highest BCUT2D eigenvalue weighted by Crippen LogP contribution is 2.36. The predicted octanol–water partition coefficient (Wildman–Crippen LogP) is 4.86. The van der Waals surface area contributed by atoms with E-state index < -0.39 is 5.97 Å². The molecular weight excluding hydrogens is 396 g/mol. The molecule has 1 aromatic carbocycles. The van der Waals surface area contributed by atoms with Crippen molar-refractivity contribution in [3.63, 3.8) is 0 Å². The van der Waals surface area contributed by atoms with Crippen molar-refractivity contribution in [2.24, 2.45) is 0 Å². The molecule has 0 saturated carbocycles. The summed E-state index contributed by atoms with van der Waals surface area (Å²) in [6.07, 6.45) is 5.63. The van der Waals surface area contributed by atoms with Crippen LogP contribution in [0.1, 0.15) is 52.7 Å². The first kappa shape index (κ1) is 20.3. The number of para-hydroxylation sites is 1. The molecule has 154 valence electrons. The summed E-state index contributed by atoms with van der Waals surface area (Å²) in [5.41, 5.74) is 4.23. The number of carbonyl (C=O) groups excluding carboxylic acids is 2. The van der Waals surface area contributed by atoms with Crippen LogP contribution < -0.4 is 5.32 Å². The zero-order valence-electron chi connectivity index (χ0n) is 16.9. The number of hydrogen-bond acceptors (Lipinski definition) is 5. The Kier molecular flexibility index (Phi) is 6.23. The van der Waals surface area contributed by atoms with Gasteiger partial charge in [0.25, 0.3) is 5.91 Å². The Balaban J connectivity index is 1.74. The van der Waals surface area contributed by atoms with Gasteiger partial charge in [0.15, 0.2) is 6.61 Å². The Hall–Kier alpha value is -2.99. The van der Waals surface area contributed by atoms with Gasteiger partial charge in [-0.15, -0.1) is 11.3 Å². The lowest BCUT2D eigenvalue weighted by atomic mass is 9.86. The van der Waals surface area contributed by atoms with Gasteiger partial charge < -0.3 is 10.1 Å². The van der Waals surface area contributed by atoms with Gasteiger partial charge in [0.2, 0.25) is 0 Å². The van der Waals surface area contributed by atoms with E-state index >= 15 is 0 Å². The van der Waals surface area contributed by atoms with Crippen molar-refractivity contribution in [2.75, 3.05) is 13.2 Å². The molecule has 6 heteroatoms. The van der Waals surface area contributed by atoms with Crippen LogP contribution in [-0.2, 0) is 16.0 Å². The third-order valence-electron chi connectivity index (χ3n) is 5.14. The average Bonchev–Trinajstić information content (AvgIpc) is 3.28. The number of allylic oxidation sites excluding steroid dienone is 1. The highest BCUT2D eigenvalue weighted by molar-refractivity contribution is 7.10. The maximum absolute atomic E-state index is 13.1. The minimum Gasteiger partial charge on any atom is -0.452 e. The van der Waals surface area contributed by atoms with E-state index in [1.807, 2.05) is 37.3 Å². The Bertz CT molecular complexity index is 1100. The standard InChI is InChI=1S/C24H24N2O3S/c1-2-12-25-21(27)15-29-24(28)22-18-9-3-4-11-20(18)26-23-16(7-5-10-19(22)23)14-17-8-6-13-30-17/h3-4,6,8-9,11,13-14H,2,5,7,10,12,15H2,1H3,(H,25,27)/b16-14-. The summed E-state index contributed by atoms with van der Waals surface area (Å²) in [6, 6.07) is 11.7. The maximum Gasteiger partial charge on any atom is 0.339 e. The van der Waals surface area contributed by atoms with E-state index in [0.29, 0.717) is 12.1 Å². The van der Waals surface area contributed by atoms with E-state index in [4.69, 9.17) is 9.72 Å². The van der Waals surface area contributed by atoms with Crippen molar-refractivity contribution in [3.8, 4) is 0 Å². The van der Waals surface area contributed by atoms with Crippen LogP contribution >= 0.6 is 11.3 Å². The van der Waals surface area contributed by atoms with Gasteiger partial charge in [-0.3, -0.25) is 4.79 Å². The number of ether oxygens (including phenoxy) is 1. The highest BCUT2D eigenvalue weighted by atomic mass is 32.1. The van der Waals surface area contributed by atoms with Crippen LogP contribution in [0, 0.1) is 0 Å². The molecule has 0 atom stereocenters. The minimum atomic E-state index is -0.464. The van der Waals surface area contributed by atoms with E-state index in [-0.39, 0.29) is 12.5 Å². The molecule has 4 rings (SSSR count). The Morgan fingerprint density at radius 3 is 2.87 bits per heavy atom. The van der Waals surface area contributed by atoms with E-state index in [0.717, 1.165) is 53.4 Å². The summed E-state index contributed by atoms with van der Waals surface area (Å²) in [4.78, 5) is 31.1. The van der Waals surface area contributed by atoms with Gasteiger partial charge in [0.1, 0.15) is 0 Å². The quantitative estimate of drug-likeness (QED) is 0.579. The average molecular weight is 421 g/mol. The molecule has 1 aliphatic rings. The van der Waals surface area contributed by atoms with Gasteiger partial charge in [-0.2, -0.15) is 0 Å². The number of nitrogens with one attached hydrogen (secondary N) is 1. The van der Waals surface area contributed by atoms with Crippen LogP contribution in [0.4, 0.5) is 0 Å². The van der Waals surface area contributed by atoms with Crippen molar-refractivity contribution in [3.05, 3.63) is 63.5 Å². The molecule has 0 radical (unpaired) electrons. The molecular formula is C24H24N2O3S. The van der Waals surface area contributed by atoms with Crippen molar-refractivity contribution in [1.82, 2.24) is 10.3 Å². The Labute approximate surface area is 179 Å². The van der Waals surface area contributed by atoms with Crippen LogP contribution in [0.3, 0.4) is 0 Å². The summed E-state index contributed by atoms with van der Waals surface area (Å²) >= 11 is 1.68. The maximum atomic E-state index is 13.1. The first-order chi connectivity index (χ1) is 14.7. The Morgan fingerprint density at radius 2 is 2.07 bits per heavy atom. The summed E-state index contributed by atoms with van der Waals surface area (Å²) < 4.78 is 5.41. The van der Waals surface area contributed by atoms with Crippen molar-refractivity contribution < 1.29 is 14.3 Å². The summed E-state index contributed by atoms with van der Waals surface area (Å²) in [7, 11) is 0. The van der Waals surface area contributed by atoms with Crippen LogP contribution in [0.15, 0.2) is 41.8 Å². The number of thiophene rings is 1. The van der Waals surface area contributed by atoms with Gasteiger partial charge in [0.05, 0.1) is 16.8 Å². The molecule has 2 aromatic heterocycles. The first-order valence-corrected chi connectivity index (χ1v) is 11.1. The monoisotopic (exact) mass is 420 g/mol. The lowest BCUT2D eigenvalue weighted by Gasteiger charge is -2.22. The van der Waals surface area contributed by atoms with Gasteiger partial charge in [-0.25, -0.2) is 9.78 Å². The molecule has 0 fully saturated rings. The second-order valence-electron chi connectivity index (χ2n) is 7.30.